The number of aliphatic hydroxyl groups is 6. The number of fused-ring (bicyclic) bond motifs is 2. The lowest BCUT2D eigenvalue weighted by atomic mass is 9.98. The van der Waals surface area contributed by atoms with E-state index in [0.29, 0.717) is 0 Å². The monoisotopic (exact) mass is 992 g/mol. The Morgan fingerprint density at radius 2 is 1.47 bits per heavy atom. The molecule has 1 aromatic carbocycles. The average Bonchev–Trinajstić information content (AvgIpc) is 3.76. The fourth-order valence-corrected chi connectivity index (χ4v) is 8.31. The molecule has 0 saturated carbocycles. The molecule has 68 heavy (non-hydrogen) atoms. The number of phenolic OH excluding ortho intramolecular Hbond substituents is 1. The Hall–Kier alpha value is -5.14. The van der Waals surface area contributed by atoms with Gasteiger partial charge in [-0.25, -0.2) is 4.79 Å². The van der Waals surface area contributed by atoms with Crippen LogP contribution in [0.2, 0.25) is 0 Å². The highest BCUT2D eigenvalue weighted by Crippen LogP contribution is 2.40. The number of carbonyl (C=O) groups is 7. The first-order chi connectivity index (χ1) is 31.5. The van der Waals surface area contributed by atoms with Crippen molar-refractivity contribution in [1.29, 1.82) is 0 Å². The quantitative estimate of drug-likeness (QED) is 0.105. The molecule has 0 spiro atoms. The molecule has 3 heterocycles. The molecule has 28 heteroatoms. The van der Waals surface area contributed by atoms with Gasteiger partial charge in [0.1, 0.15) is 41.9 Å². The van der Waals surface area contributed by atoms with Crippen molar-refractivity contribution < 1.29 is 91.9 Å². The number of nitrogens with one attached hydrogen (secondary N) is 5. The Morgan fingerprint density at radius 3 is 2.07 bits per heavy atom. The van der Waals surface area contributed by atoms with Gasteiger partial charge in [-0.3, -0.25) is 42.4 Å². The zero-order valence-electron chi connectivity index (χ0n) is 37.9. The van der Waals surface area contributed by atoms with E-state index < -0.39 is 181 Å². The largest absolute Gasteiger partial charge is 0.504 e. The van der Waals surface area contributed by atoms with Gasteiger partial charge in [-0.05, 0) is 58.4 Å². The van der Waals surface area contributed by atoms with E-state index >= 15 is 0 Å². The second-order valence-electron chi connectivity index (χ2n) is 18.1. The summed E-state index contributed by atoms with van der Waals surface area (Å²) < 4.78 is 38.1. The predicted molar refractivity (Wildman–Crippen MR) is 235 cm³/mol. The standard InChI is InChI=1S/C40H64N8O19S/c1-17-15-48-31(32(17)55)36(59)42-14-20(50)12-22(43-39(62)66-40(3,4)5)33(56)44-28(18(2)49)37(60)47-16-21(51)13-23(47)34(57)45-29(35(58)46-30(38(48)61)25(53)8-9-41)26(54)10-19-6-7-24(52)27(11-19)67-68(63,64)65/h6-7,11,17-18,20-23,25-26,28-32,49-55,63-65H,8-10,12-16,41H2,1-5H3,(H,42,59)(H,43,62)(H,44,56)(H,45,57)(H,46,58)/t17-,18+,20+,21+,22-,23-,25+,26+,28-,29-,30-,31-,32-/m0/s1. The maximum atomic E-state index is 14.4. The number of aliphatic hydroxyl groups excluding tert-OH is 6. The van der Waals surface area contributed by atoms with Crippen LogP contribution in [0.1, 0.15) is 59.4 Å². The van der Waals surface area contributed by atoms with Crippen LogP contribution in [-0.4, -0.2) is 205 Å². The number of hydrogen-bond donors (Lipinski definition) is 16. The molecule has 17 N–H and O–H groups in total. The number of alkyl carbamates (subject to hydrolysis) is 1. The molecule has 0 bridgehead atoms. The SMILES string of the molecule is C[C@@H](O)[C@@H]1NC(=O)[C@@H](NC(=O)OC(C)(C)C)C[C@@H](O)CNC(=O)[C@@H]2[C@@H](O)[C@@H](C)CN2C(=O)[C@H]([C@H](O)CCN)NC(=O)[C@H]([C@H](O)Cc2ccc(O)c(OS(O)(O)O)c2)NC(=O)[C@@H]2C[C@@H](O)CN2C1=O. The summed E-state index contributed by atoms with van der Waals surface area (Å²) >= 11 is -4.69. The van der Waals surface area contributed by atoms with Gasteiger partial charge in [0.25, 0.3) is 11.2 Å². The molecule has 384 valence electrons. The van der Waals surface area contributed by atoms with E-state index in [0.717, 1.165) is 28.9 Å². The highest BCUT2D eigenvalue weighted by Gasteiger charge is 2.49. The van der Waals surface area contributed by atoms with E-state index in [1.165, 1.54) is 33.8 Å². The molecule has 0 aliphatic carbocycles. The fourth-order valence-electron chi connectivity index (χ4n) is 7.94. The molecule has 13 atom stereocenters. The zero-order valence-corrected chi connectivity index (χ0v) is 38.7. The first-order valence-corrected chi connectivity index (χ1v) is 23.0. The van der Waals surface area contributed by atoms with E-state index in [-0.39, 0.29) is 25.1 Å². The zero-order chi connectivity index (χ0) is 51.2. The number of benzene rings is 1. The maximum Gasteiger partial charge on any atom is 0.408 e. The Morgan fingerprint density at radius 1 is 0.853 bits per heavy atom. The summed E-state index contributed by atoms with van der Waals surface area (Å²) in [5.41, 5.74) is 4.59. The van der Waals surface area contributed by atoms with Crippen LogP contribution in [-0.2, 0) is 39.9 Å². The van der Waals surface area contributed by atoms with E-state index in [1.807, 2.05) is 0 Å². The smallest absolute Gasteiger partial charge is 0.408 e. The molecule has 3 aliphatic heterocycles. The number of rotatable bonds is 10. The fraction of sp³-hybridized carbons (Fsp3) is 0.675. The molecular formula is C40H64N8O19S. The molecule has 3 fully saturated rings. The summed E-state index contributed by atoms with van der Waals surface area (Å²) in [5.74, 6) is -9.28. The van der Waals surface area contributed by atoms with Crippen LogP contribution in [0.5, 0.6) is 11.5 Å². The number of phenols is 1. The second-order valence-corrected chi connectivity index (χ2v) is 19.2. The van der Waals surface area contributed by atoms with Crippen molar-refractivity contribution in [2.45, 2.75) is 139 Å². The van der Waals surface area contributed by atoms with Gasteiger partial charge < -0.3 is 86.8 Å². The lowest BCUT2D eigenvalue weighted by Gasteiger charge is -2.34. The van der Waals surface area contributed by atoms with E-state index in [2.05, 4.69) is 30.8 Å². The van der Waals surface area contributed by atoms with Crippen molar-refractivity contribution in [3.8, 4) is 11.5 Å². The van der Waals surface area contributed by atoms with Gasteiger partial charge in [-0.15, -0.1) is 0 Å². The van der Waals surface area contributed by atoms with E-state index in [9.17, 15) is 83.0 Å². The van der Waals surface area contributed by atoms with Crippen molar-refractivity contribution in [3.05, 3.63) is 23.8 Å². The minimum atomic E-state index is -4.69. The average molecular weight is 993 g/mol. The first kappa shape index (κ1) is 55.5. The number of amides is 7. The number of nitrogens with two attached hydrogens (primary N) is 1. The van der Waals surface area contributed by atoms with E-state index in [4.69, 9.17) is 10.5 Å². The molecule has 1 aromatic rings. The highest BCUT2D eigenvalue weighted by atomic mass is 32.3. The van der Waals surface area contributed by atoms with Crippen molar-refractivity contribution >= 4 is 52.7 Å². The number of ether oxygens (including phenoxy) is 1. The molecule has 0 unspecified atom stereocenters. The number of β-amino-alcohol motifs (C(OH)–C–C–N with tert-alkyl or cyclic N) is 1. The lowest BCUT2D eigenvalue weighted by Crippen LogP contribution is -2.64. The molecule has 3 saturated heterocycles. The highest BCUT2D eigenvalue weighted by molar-refractivity contribution is 8.15. The van der Waals surface area contributed by atoms with Crippen LogP contribution in [0.3, 0.4) is 0 Å². The number of aromatic hydroxyl groups is 1. The summed E-state index contributed by atoms with van der Waals surface area (Å²) in [6.07, 6.45) is -13.6. The number of hydrogen-bond acceptors (Lipinski definition) is 20. The van der Waals surface area contributed by atoms with Crippen LogP contribution >= 0.6 is 11.2 Å². The van der Waals surface area contributed by atoms with Crippen molar-refractivity contribution in [3.63, 3.8) is 0 Å². The molecule has 27 nitrogen and oxygen atoms in total. The van der Waals surface area contributed by atoms with Gasteiger partial charge in [0.05, 0.1) is 36.6 Å². The summed E-state index contributed by atoms with van der Waals surface area (Å²) in [6, 6.07) is -8.13. The third-order valence-electron chi connectivity index (χ3n) is 11.3. The van der Waals surface area contributed by atoms with Gasteiger partial charge in [0.15, 0.2) is 11.5 Å². The molecule has 0 aromatic heterocycles. The van der Waals surface area contributed by atoms with Crippen molar-refractivity contribution in [2.75, 3.05) is 26.2 Å². The molecule has 7 amide bonds. The van der Waals surface area contributed by atoms with Gasteiger partial charge in [-0.2, -0.15) is 0 Å². The van der Waals surface area contributed by atoms with Gasteiger partial charge in [0.2, 0.25) is 35.4 Å². The Labute approximate surface area is 392 Å². The van der Waals surface area contributed by atoms with Crippen LogP contribution in [0.15, 0.2) is 18.2 Å². The predicted octanol–water partition coefficient (Wildman–Crippen LogP) is -4.70. The Kier molecular flexibility index (Phi) is 18.7. The molecule has 0 radical (unpaired) electrons. The van der Waals surface area contributed by atoms with Crippen LogP contribution in [0, 0.1) is 5.92 Å². The van der Waals surface area contributed by atoms with Crippen LogP contribution in [0.25, 0.3) is 0 Å². The summed E-state index contributed by atoms with van der Waals surface area (Å²) in [5, 5.41) is 88.6. The van der Waals surface area contributed by atoms with Crippen molar-refractivity contribution in [1.82, 2.24) is 36.4 Å². The lowest BCUT2D eigenvalue weighted by molar-refractivity contribution is -0.147. The van der Waals surface area contributed by atoms with Gasteiger partial charge in [0, 0.05) is 44.8 Å². The normalized spacial score (nSPS) is 30.0. The van der Waals surface area contributed by atoms with E-state index in [1.54, 1.807) is 0 Å². The topological polar surface area (TPSA) is 433 Å². The summed E-state index contributed by atoms with van der Waals surface area (Å²) in [4.78, 5) is 99.6. The Balaban J connectivity index is 1.84. The minimum Gasteiger partial charge on any atom is -0.504 e. The molecule has 4 rings (SSSR count). The summed E-state index contributed by atoms with van der Waals surface area (Å²) in [7, 11) is 0. The Bertz CT molecular complexity index is 2000. The second kappa shape index (κ2) is 23.0. The third-order valence-corrected chi connectivity index (χ3v) is 11.7. The van der Waals surface area contributed by atoms with Gasteiger partial charge in [-0.1, -0.05) is 13.0 Å². The minimum absolute atomic E-state index is 0.0313. The van der Waals surface area contributed by atoms with Gasteiger partial charge >= 0.3 is 6.09 Å². The maximum absolute atomic E-state index is 14.4. The van der Waals surface area contributed by atoms with Crippen molar-refractivity contribution in [2.24, 2.45) is 11.7 Å². The van der Waals surface area contributed by atoms with Crippen LogP contribution in [0.4, 0.5) is 4.79 Å². The van der Waals surface area contributed by atoms with Crippen LogP contribution < -0.4 is 36.5 Å². The molecule has 3 aliphatic rings. The summed E-state index contributed by atoms with van der Waals surface area (Å²) in [6.45, 7) is 5.35. The molecular weight excluding hydrogens is 929 g/mol. The third kappa shape index (κ3) is 14.7. The first-order valence-electron chi connectivity index (χ1n) is 21.6. The number of carbonyl (C=O) groups excluding carboxylic acids is 7. The number of nitrogens with zero attached hydrogens (tertiary/aromatic N) is 2.